The topological polar surface area (TPSA) is 71.4 Å². The van der Waals surface area contributed by atoms with Gasteiger partial charge in [-0.1, -0.05) is 0 Å². The second-order valence-electron chi connectivity index (χ2n) is 2.67. The van der Waals surface area contributed by atoms with Crippen LogP contribution in [0, 0.1) is 0 Å². The van der Waals surface area contributed by atoms with Crippen LogP contribution in [0.2, 0.25) is 0 Å². The first kappa shape index (κ1) is 7.78. The Hall–Kier alpha value is -1.85. The first-order valence-electron chi connectivity index (χ1n) is 3.92. The molecule has 2 N–H and O–H groups in total. The average molecular weight is 178 g/mol. The van der Waals surface area contributed by atoms with E-state index < -0.39 is 0 Å². The van der Waals surface area contributed by atoms with E-state index in [-0.39, 0.29) is 0 Å². The number of nitrogens with zero attached hydrogens (tertiary/aromatic N) is 4. The van der Waals surface area contributed by atoms with Crippen LogP contribution in [0.5, 0.6) is 0 Å². The molecule has 0 aliphatic rings. The molecule has 2 heterocycles. The third-order valence-corrected chi connectivity index (χ3v) is 1.62. The van der Waals surface area contributed by atoms with Gasteiger partial charge in [0.1, 0.15) is 5.69 Å². The molecular weight excluding hydrogens is 168 g/mol. The second-order valence-corrected chi connectivity index (χ2v) is 2.67. The zero-order chi connectivity index (χ0) is 9.10. The maximum Gasteiger partial charge on any atom is 0.102 e. The highest BCUT2D eigenvalue weighted by molar-refractivity contribution is 5.37. The third kappa shape index (κ3) is 1.84. The lowest BCUT2D eigenvalue weighted by atomic mass is 10.4. The summed E-state index contributed by atoms with van der Waals surface area (Å²) < 4.78 is 0. The van der Waals surface area contributed by atoms with Gasteiger partial charge in [0.2, 0.25) is 0 Å². The predicted octanol–water partition coefficient (Wildman–Crippen LogP) is 0.150. The van der Waals surface area contributed by atoms with E-state index in [4.69, 9.17) is 0 Å². The summed E-state index contributed by atoms with van der Waals surface area (Å²) in [6.45, 7) is 0.660. The largest absolute Gasteiger partial charge is 0.377 e. The van der Waals surface area contributed by atoms with Crippen LogP contribution < -0.4 is 5.32 Å². The van der Waals surface area contributed by atoms with E-state index in [1.54, 1.807) is 25.6 Å². The number of hydrogen-bond donors (Lipinski definition) is 2. The number of anilines is 1. The lowest BCUT2D eigenvalue weighted by Gasteiger charge is -1.97. The van der Waals surface area contributed by atoms with Crippen molar-refractivity contribution in [3.63, 3.8) is 0 Å². The lowest BCUT2D eigenvalue weighted by molar-refractivity contribution is 0.646. The zero-order valence-corrected chi connectivity index (χ0v) is 7.23. The number of H-pyrrole nitrogens is 1. The summed E-state index contributed by atoms with van der Waals surface area (Å²) in [6, 6.07) is 0. The van der Waals surface area contributed by atoms with E-state index in [1.807, 2.05) is 0 Å². The van der Waals surface area contributed by atoms with Crippen LogP contribution in [0.1, 0.15) is 5.69 Å². The second kappa shape index (κ2) is 3.26. The summed E-state index contributed by atoms with van der Waals surface area (Å²) in [7, 11) is 1.79. The molecule has 0 aliphatic carbocycles. The van der Waals surface area contributed by atoms with Gasteiger partial charge in [-0.15, -0.1) is 0 Å². The summed E-state index contributed by atoms with van der Waals surface area (Å²) in [5, 5.41) is 17.8. The molecule has 6 heteroatoms. The van der Waals surface area contributed by atoms with Gasteiger partial charge in [0.05, 0.1) is 24.6 Å². The van der Waals surface area contributed by atoms with E-state index in [0.29, 0.717) is 6.54 Å². The molecule has 2 rings (SSSR count). The molecule has 0 atom stereocenters. The molecule has 0 fully saturated rings. The molecule has 0 spiro atoms. The van der Waals surface area contributed by atoms with Gasteiger partial charge in [-0.2, -0.15) is 20.1 Å². The van der Waals surface area contributed by atoms with Gasteiger partial charge < -0.3 is 5.32 Å². The Balaban J connectivity index is 1.93. The molecular formula is C7H10N6. The first-order valence-corrected chi connectivity index (χ1v) is 3.92. The van der Waals surface area contributed by atoms with Crippen molar-refractivity contribution in [1.82, 2.24) is 25.2 Å². The highest BCUT2D eigenvalue weighted by atomic mass is 15.4. The van der Waals surface area contributed by atoms with E-state index in [2.05, 4.69) is 25.7 Å². The smallest absolute Gasteiger partial charge is 0.102 e. The van der Waals surface area contributed by atoms with Crippen molar-refractivity contribution in [2.75, 3.05) is 5.32 Å². The molecule has 0 radical (unpaired) electrons. The molecule has 2 aromatic heterocycles. The van der Waals surface area contributed by atoms with Crippen LogP contribution in [-0.2, 0) is 13.6 Å². The lowest BCUT2D eigenvalue weighted by Crippen LogP contribution is -2.00. The van der Waals surface area contributed by atoms with Gasteiger partial charge >= 0.3 is 0 Å². The fourth-order valence-corrected chi connectivity index (χ4v) is 1.01. The number of aromatic nitrogens is 5. The van der Waals surface area contributed by atoms with Crippen LogP contribution in [-0.4, -0.2) is 25.2 Å². The first-order chi connectivity index (χ1) is 6.34. The van der Waals surface area contributed by atoms with Gasteiger partial charge in [-0.05, 0) is 0 Å². The summed E-state index contributed by atoms with van der Waals surface area (Å²) in [4.78, 5) is 1.53. The Morgan fingerprint density at radius 2 is 2.46 bits per heavy atom. The molecule has 0 bridgehead atoms. The Labute approximate surface area is 75.0 Å². The van der Waals surface area contributed by atoms with Gasteiger partial charge in [-0.3, -0.25) is 5.10 Å². The Kier molecular flexibility index (Phi) is 1.95. The minimum absolute atomic E-state index is 0.660. The van der Waals surface area contributed by atoms with E-state index >= 15 is 0 Å². The predicted molar refractivity (Wildman–Crippen MR) is 46.9 cm³/mol. The van der Waals surface area contributed by atoms with E-state index in [0.717, 1.165) is 11.4 Å². The minimum Gasteiger partial charge on any atom is -0.377 e. The van der Waals surface area contributed by atoms with Crippen molar-refractivity contribution in [3.05, 3.63) is 24.3 Å². The third-order valence-electron chi connectivity index (χ3n) is 1.62. The average Bonchev–Trinajstić information content (AvgIpc) is 2.71. The molecule has 0 aromatic carbocycles. The summed E-state index contributed by atoms with van der Waals surface area (Å²) in [5.41, 5.74) is 1.86. The summed E-state index contributed by atoms with van der Waals surface area (Å²) >= 11 is 0. The molecule has 6 nitrogen and oxygen atoms in total. The molecule has 13 heavy (non-hydrogen) atoms. The van der Waals surface area contributed by atoms with Crippen LogP contribution in [0.25, 0.3) is 0 Å². The van der Waals surface area contributed by atoms with Gasteiger partial charge in [0, 0.05) is 13.2 Å². The number of aromatic amines is 1. The van der Waals surface area contributed by atoms with Crippen molar-refractivity contribution in [2.24, 2.45) is 7.05 Å². The number of nitrogens with one attached hydrogen (secondary N) is 2. The normalized spacial score (nSPS) is 10.2. The zero-order valence-electron chi connectivity index (χ0n) is 7.23. The van der Waals surface area contributed by atoms with Gasteiger partial charge in [-0.25, -0.2) is 0 Å². The maximum absolute atomic E-state index is 4.12. The molecule has 0 saturated heterocycles. The van der Waals surface area contributed by atoms with E-state index in [9.17, 15) is 0 Å². The Morgan fingerprint density at radius 3 is 3.08 bits per heavy atom. The maximum atomic E-state index is 4.12. The minimum atomic E-state index is 0.660. The van der Waals surface area contributed by atoms with Crippen LogP contribution in [0.15, 0.2) is 18.6 Å². The van der Waals surface area contributed by atoms with Crippen LogP contribution in [0.4, 0.5) is 5.69 Å². The van der Waals surface area contributed by atoms with Gasteiger partial charge in [0.15, 0.2) is 0 Å². The molecule has 0 amide bonds. The molecule has 68 valence electrons. The quantitative estimate of drug-likeness (QED) is 0.701. The fraction of sp³-hybridized carbons (Fsp3) is 0.286. The van der Waals surface area contributed by atoms with Crippen LogP contribution in [0.3, 0.4) is 0 Å². The van der Waals surface area contributed by atoms with Crippen molar-refractivity contribution in [2.45, 2.75) is 6.54 Å². The number of rotatable bonds is 3. The number of hydrogen-bond acceptors (Lipinski definition) is 4. The molecule has 0 unspecified atom stereocenters. The Bertz CT molecular complexity index is 362. The highest BCUT2D eigenvalue weighted by Crippen LogP contribution is 2.02. The summed E-state index contributed by atoms with van der Waals surface area (Å²) in [5.74, 6) is 0. The van der Waals surface area contributed by atoms with Gasteiger partial charge in [0.25, 0.3) is 0 Å². The Morgan fingerprint density at radius 1 is 1.54 bits per heavy atom. The van der Waals surface area contributed by atoms with Crippen molar-refractivity contribution in [3.8, 4) is 0 Å². The van der Waals surface area contributed by atoms with Crippen molar-refractivity contribution >= 4 is 5.69 Å². The van der Waals surface area contributed by atoms with Crippen molar-refractivity contribution in [1.29, 1.82) is 0 Å². The summed E-state index contributed by atoms with van der Waals surface area (Å²) in [6.07, 6.45) is 5.24. The molecule has 0 saturated carbocycles. The fourth-order valence-electron chi connectivity index (χ4n) is 1.01. The molecule has 2 aromatic rings. The number of aryl methyl sites for hydroxylation is 1. The monoisotopic (exact) mass is 178 g/mol. The standard InChI is InChI=1S/C7H10N6/c1-13-11-5-7(12-13)2-8-6-3-9-10-4-6/h3-5,8H,2H2,1H3,(H,9,10). The molecule has 0 aliphatic heterocycles. The SMILES string of the molecule is Cn1ncc(CNc2cn[nH]c2)n1. The van der Waals surface area contributed by atoms with Crippen molar-refractivity contribution < 1.29 is 0 Å². The van der Waals surface area contributed by atoms with Crippen LogP contribution >= 0.6 is 0 Å². The highest BCUT2D eigenvalue weighted by Gasteiger charge is 1.97. The van der Waals surface area contributed by atoms with E-state index in [1.165, 1.54) is 4.80 Å².